The molecule has 1 fully saturated rings. The zero-order valence-corrected chi connectivity index (χ0v) is 6.28. The first kappa shape index (κ1) is 7.04. The van der Waals surface area contributed by atoms with Crippen molar-refractivity contribution in [2.75, 3.05) is 0 Å². The minimum absolute atomic E-state index is 0.275. The van der Waals surface area contributed by atoms with Crippen LogP contribution in [0, 0.1) is 5.41 Å². The third-order valence-electron chi connectivity index (χ3n) is 2.14. The maximum atomic E-state index is 12.7. The highest BCUT2D eigenvalue weighted by Crippen LogP contribution is 2.36. The molecule has 0 bridgehead atoms. The van der Waals surface area contributed by atoms with Crippen LogP contribution < -0.4 is 0 Å². The lowest BCUT2D eigenvalue weighted by Crippen LogP contribution is -2.23. The molecule has 1 heteroatoms. The van der Waals surface area contributed by atoms with Gasteiger partial charge < -0.3 is 0 Å². The molecule has 1 rings (SSSR count). The molecule has 0 saturated heterocycles. The summed E-state index contributed by atoms with van der Waals surface area (Å²) >= 11 is 0. The van der Waals surface area contributed by atoms with E-state index in [-0.39, 0.29) is 5.41 Å². The fourth-order valence-electron chi connectivity index (χ4n) is 1.61. The number of alkyl halides is 1. The molecular weight excluding hydrogens is 115 g/mol. The lowest BCUT2D eigenvalue weighted by atomic mass is 9.77. The van der Waals surface area contributed by atoms with Gasteiger partial charge in [-0.15, -0.1) is 0 Å². The quantitative estimate of drug-likeness (QED) is 0.473. The molecule has 0 N–H and O–H groups in total. The molecule has 9 heavy (non-hydrogen) atoms. The van der Waals surface area contributed by atoms with Crippen molar-refractivity contribution >= 4 is 0 Å². The average Bonchev–Trinajstić information content (AvgIpc) is 1.60. The van der Waals surface area contributed by atoms with Crippen molar-refractivity contribution in [1.29, 1.82) is 0 Å². The van der Waals surface area contributed by atoms with E-state index in [1.165, 1.54) is 6.42 Å². The smallest absolute Gasteiger partial charge is 0.101 e. The zero-order chi connectivity index (χ0) is 6.91. The highest BCUT2D eigenvalue weighted by molar-refractivity contribution is 4.78. The summed E-state index contributed by atoms with van der Waals surface area (Å²) in [5.41, 5.74) is 0.275. The Labute approximate surface area is 56.5 Å². The topological polar surface area (TPSA) is 0 Å². The molecule has 1 atom stereocenters. The third-order valence-corrected chi connectivity index (χ3v) is 2.14. The van der Waals surface area contributed by atoms with Crippen molar-refractivity contribution in [2.24, 2.45) is 5.41 Å². The van der Waals surface area contributed by atoms with E-state index in [0.29, 0.717) is 0 Å². The summed E-state index contributed by atoms with van der Waals surface area (Å²) in [7, 11) is 0. The Morgan fingerprint density at radius 2 is 2.11 bits per heavy atom. The molecule has 0 aliphatic heterocycles. The van der Waals surface area contributed by atoms with Gasteiger partial charge in [-0.1, -0.05) is 20.3 Å². The molecule has 1 aliphatic carbocycles. The molecule has 0 heterocycles. The second-order valence-corrected chi connectivity index (χ2v) is 3.86. The number of hydrogen-bond acceptors (Lipinski definition) is 0. The van der Waals surface area contributed by atoms with Crippen LogP contribution in [-0.2, 0) is 0 Å². The monoisotopic (exact) mass is 130 g/mol. The predicted molar refractivity (Wildman–Crippen MR) is 37.1 cm³/mol. The summed E-state index contributed by atoms with van der Waals surface area (Å²) in [4.78, 5) is 0. The van der Waals surface area contributed by atoms with Crippen molar-refractivity contribution in [3.8, 4) is 0 Å². The van der Waals surface area contributed by atoms with Crippen LogP contribution in [0.15, 0.2) is 0 Å². The van der Waals surface area contributed by atoms with Gasteiger partial charge in [-0.2, -0.15) is 0 Å². The van der Waals surface area contributed by atoms with Gasteiger partial charge in [-0.25, -0.2) is 4.39 Å². The molecule has 0 radical (unpaired) electrons. The minimum Gasteiger partial charge on any atom is -0.247 e. The molecule has 0 spiro atoms. The van der Waals surface area contributed by atoms with Crippen molar-refractivity contribution in [1.82, 2.24) is 0 Å². The van der Waals surface area contributed by atoms with E-state index in [2.05, 4.69) is 13.8 Å². The number of halogens is 1. The van der Waals surface area contributed by atoms with E-state index in [9.17, 15) is 4.39 Å². The van der Waals surface area contributed by atoms with Crippen molar-refractivity contribution in [2.45, 2.75) is 45.7 Å². The lowest BCUT2D eigenvalue weighted by molar-refractivity contribution is 0.139. The van der Waals surface area contributed by atoms with E-state index in [0.717, 1.165) is 19.3 Å². The van der Waals surface area contributed by atoms with Crippen molar-refractivity contribution < 1.29 is 4.39 Å². The molecule has 0 amide bonds. The molecule has 0 aromatic carbocycles. The first-order valence-corrected chi connectivity index (χ1v) is 3.74. The van der Waals surface area contributed by atoms with Gasteiger partial charge in [0.1, 0.15) is 6.17 Å². The Morgan fingerprint density at radius 3 is 2.44 bits per heavy atom. The average molecular weight is 130 g/mol. The van der Waals surface area contributed by atoms with Gasteiger partial charge in [0.25, 0.3) is 0 Å². The summed E-state index contributed by atoms with van der Waals surface area (Å²) in [6, 6.07) is 0. The molecule has 1 unspecified atom stereocenters. The fraction of sp³-hybridized carbons (Fsp3) is 1.00. The van der Waals surface area contributed by atoms with Gasteiger partial charge in [-0.05, 0) is 24.7 Å². The van der Waals surface area contributed by atoms with Gasteiger partial charge in [0.15, 0.2) is 0 Å². The number of hydrogen-bond donors (Lipinski definition) is 0. The second-order valence-electron chi connectivity index (χ2n) is 3.86. The molecule has 1 aliphatic rings. The Morgan fingerprint density at radius 1 is 1.44 bits per heavy atom. The Kier molecular flexibility index (Phi) is 1.78. The van der Waals surface area contributed by atoms with Crippen molar-refractivity contribution in [3.05, 3.63) is 0 Å². The molecule has 1 saturated carbocycles. The van der Waals surface area contributed by atoms with Crippen LogP contribution in [0.3, 0.4) is 0 Å². The first-order valence-electron chi connectivity index (χ1n) is 3.74. The van der Waals surface area contributed by atoms with Gasteiger partial charge in [0.2, 0.25) is 0 Å². The summed E-state index contributed by atoms with van der Waals surface area (Å²) < 4.78 is 12.7. The molecule has 0 aromatic rings. The van der Waals surface area contributed by atoms with Crippen LogP contribution in [-0.4, -0.2) is 6.17 Å². The van der Waals surface area contributed by atoms with Gasteiger partial charge in [-0.3, -0.25) is 0 Å². The van der Waals surface area contributed by atoms with Crippen LogP contribution in [0.25, 0.3) is 0 Å². The van der Waals surface area contributed by atoms with E-state index in [1.54, 1.807) is 0 Å². The van der Waals surface area contributed by atoms with E-state index < -0.39 is 6.17 Å². The Bertz CT molecular complexity index is 96.7. The molecule has 0 aromatic heterocycles. The predicted octanol–water partition coefficient (Wildman–Crippen LogP) is 2.92. The van der Waals surface area contributed by atoms with Crippen LogP contribution in [0.2, 0.25) is 0 Å². The third kappa shape index (κ3) is 1.96. The van der Waals surface area contributed by atoms with E-state index in [1.807, 2.05) is 0 Å². The highest BCUT2D eigenvalue weighted by Gasteiger charge is 2.27. The normalized spacial score (nSPS) is 34.3. The summed E-state index contributed by atoms with van der Waals surface area (Å²) in [5.74, 6) is 0. The van der Waals surface area contributed by atoms with Crippen LogP contribution in [0.5, 0.6) is 0 Å². The van der Waals surface area contributed by atoms with Gasteiger partial charge >= 0.3 is 0 Å². The summed E-state index contributed by atoms with van der Waals surface area (Å²) in [5, 5.41) is 0. The van der Waals surface area contributed by atoms with E-state index in [4.69, 9.17) is 0 Å². The second kappa shape index (κ2) is 2.28. The van der Waals surface area contributed by atoms with Crippen LogP contribution in [0.4, 0.5) is 4.39 Å². The van der Waals surface area contributed by atoms with E-state index >= 15 is 0 Å². The standard InChI is InChI=1S/C8H15F/c1-8(2)5-3-4-7(9)6-8/h7H,3-6H2,1-2H3. The van der Waals surface area contributed by atoms with Crippen molar-refractivity contribution in [3.63, 3.8) is 0 Å². The SMILES string of the molecule is CC1(C)CCCC(F)C1. The highest BCUT2D eigenvalue weighted by atomic mass is 19.1. The zero-order valence-electron chi connectivity index (χ0n) is 6.28. The Balaban J connectivity index is 2.41. The largest absolute Gasteiger partial charge is 0.247 e. The maximum Gasteiger partial charge on any atom is 0.101 e. The van der Waals surface area contributed by atoms with Gasteiger partial charge in [0, 0.05) is 0 Å². The first-order chi connectivity index (χ1) is 4.10. The minimum atomic E-state index is -0.520. The van der Waals surface area contributed by atoms with Crippen LogP contribution in [0.1, 0.15) is 39.5 Å². The molecule has 0 nitrogen and oxygen atoms in total. The van der Waals surface area contributed by atoms with Crippen LogP contribution >= 0.6 is 0 Å². The fourth-order valence-corrected chi connectivity index (χ4v) is 1.61. The number of rotatable bonds is 0. The van der Waals surface area contributed by atoms with Gasteiger partial charge in [0.05, 0.1) is 0 Å². The molecular formula is C8H15F. The summed E-state index contributed by atoms with van der Waals surface area (Å²) in [6.07, 6.45) is 3.33. The molecule has 54 valence electrons. The maximum absolute atomic E-state index is 12.7. The summed E-state index contributed by atoms with van der Waals surface area (Å²) in [6.45, 7) is 4.30. The lowest BCUT2D eigenvalue weighted by Gasteiger charge is -2.31. The Hall–Kier alpha value is -0.0700.